The van der Waals surface area contributed by atoms with Crippen LogP contribution in [0.2, 0.25) is 0 Å². The predicted molar refractivity (Wildman–Crippen MR) is 86.5 cm³/mol. The van der Waals surface area contributed by atoms with Gasteiger partial charge in [-0.05, 0) is 41.4 Å². The van der Waals surface area contributed by atoms with E-state index < -0.39 is 4.92 Å². The van der Waals surface area contributed by atoms with Crippen LogP contribution in [0.3, 0.4) is 0 Å². The molecule has 1 aromatic rings. The molecule has 1 unspecified atom stereocenters. The first-order chi connectivity index (χ1) is 9.95. The Morgan fingerprint density at radius 3 is 2.71 bits per heavy atom. The van der Waals surface area contributed by atoms with E-state index in [2.05, 4.69) is 28.2 Å². The van der Waals surface area contributed by atoms with Gasteiger partial charge in [0, 0.05) is 17.7 Å². The quantitative estimate of drug-likeness (QED) is 0.425. The molecule has 5 nitrogen and oxygen atoms in total. The minimum atomic E-state index is -0.505. The van der Waals surface area contributed by atoms with E-state index in [0.717, 1.165) is 12.8 Å². The molecule has 0 spiro atoms. The summed E-state index contributed by atoms with van der Waals surface area (Å²) in [5.41, 5.74) is 0.212. The fraction of sp³-hybridized carbons (Fsp3) is 0.533. The Kier molecular flexibility index (Phi) is 7.36. The molecule has 21 heavy (non-hydrogen) atoms. The largest absolute Gasteiger partial charge is 0.350 e. The predicted octanol–water partition coefficient (Wildman–Crippen LogP) is 4.45. The van der Waals surface area contributed by atoms with Gasteiger partial charge in [0.15, 0.2) is 0 Å². The molecule has 1 atom stereocenters. The number of carbonyl (C=O) groups is 1. The summed E-state index contributed by atoms with van der Waals surface area (Å²) in [5.74, 6) is -0.270. The second-order valence-electron chi connectivity index (χ2n) is 5.15. The zero-order valence-electron chi connectivity index (χ0n) is 12.4. The molecule has 1 rings (SSSR count). The monoisotopic (exact) mass is 356 g/mol. The third kappa shape index (κ3) is 5.83. The highest BCUT2D eigenvalue weighted by Gasteiger charge is 2.16. The Labute approximate surface area is 133 Å². The number of carbonyl (C=O) groups excluding carboxylic acids is 1. The van der Waals surface area contributed by atoms with Gasteiger partial charge in [0.2, 0.25) is 0 Å². The lowest BCUT2D eigenvalue weighted by molar-refractivity contribution is -0.385. The van der Waals surface area contributed by atoms with Gasteiger partial charge < -0.3 is 5.32 Å². The highest BCUT2D eigenvalue weighted by atomic mass is 79.9. The average Bonchev–Trinajstić information content (AvgIpc) is 2.43. The van der Waals surface area contributed by atoms with Crippen LogP contribution < -0.4 is 5.32 Å². The van der Waals surface area contributed by atoms with Gasteiger partial charge in [-0.1, -0.05) is 32.6 Å². The number of nitro groups is 1. The van der Waals surface area contributed by atoms with Gasteiger partial charge in [-0.15, -0.1) is 0 Å². The van der Waals surface area contributed by atoms with Crippen LogP contribution in [0.25, 0.3) is 0 Å². The number of amides is 1. The second kappa shape index (κ2) is 8.77. The van der Waals surface area contributed by atoms with Gasteiger partial charge in [0.1, 0.15) is 0 Å². The Morgan fingerprint density at radius 1 is 1.38 bits per heavy atom. The molecule has 0 heterocycles. The lowest BCUT2D eigenvalue weighted by atomic mass is 10.1. The minimum absolute atomic E-state index is 0.0667. The van der Waals surface area contributed by atoms with Crippen molar-refractivity contribution in [1.29, 1.82) is 0 Å². The Morgan fingerprint density at radius 2 is 2.10 bits per heavy atom. The number of nitrogens with zero attached hydrogens (tertiary/aromatic N) is 1. The van der Waals surface area contributed by atoms with Gasteiger partial charge in [-0.25, -0.2) is 0 Å². The fourth-order valence-corrected chi connectivity index (χ4v) is 2.44. The first-order valence-corrected chi connectivity index (χ1v) is 7.99. The van der Waals surface area contributed by atoms with Gasteiger partial charge in [-0.3, -0.25) is 14.9 Å². The van der Waals surface area contributed by atoms with Crippen molar-refractivity contribution in [1.82, 2.24) is 5.32 Å². The van der Waals surface area contributed by atoms with Crippen molar-refractivity contribution < 1.29 is 9.72 Å². The Hall–Kier alpha value is -1.43. The van der Waals surface area contributed by atoms with E-state index in [9.17, 15) is 14.9 Å². The molecule has 0 radical (unpaired) electrons. The third-order valence-corrected chi connectivity index (χ3v) is 3.94. The summed E-state index contributed by atoms with van der Waals surface area (Å²) >= 11 is 3.11. The maximum absolute atomic E-state index is 12.1. The molecule has 6 heteroatoms. The molecule has 0 saturated carbocycles. The summed E-state index contributed by atoms with van der Waals surface area (Å²) < 4.78 is 0.372. The van der Waals surface area contributed by atoms with Crippen LogP contribution in [-0.4, -0.2) is 16.9 Å². The zero-order chi connectivity index (χ0) is 15.8. The van der Waals surface area contributed by atoms with E-state index in [-0.39, 0.29) is 17.6 Å². The molecule has 0 aliphatic carbocycles. The molecule has 0 aromatic heterocycles. The summed E-state index contributed by atoms with van der Waals surface area (Å²) in [6.07, 6.45) is 5.56. The van der Waals surface area contributed by atoms with Crippen molar-refractivity contribution >= 4 is 27.5 Å². The first-order valence-electron chi connectivity index (χ1n) is 7.20. The second-order valence-corrected chi connectivity index (χ2v) is 6.00. The molecule has 0 fully saturated rings. The molecule has 1 N–H and O–H groups in total. The Balaban J connectivity index is 2.59. The molecule has 0 bridgehead atoms. The summed E-state index contributed by atoms with van der Waals surface area (Å²) in [4.78, 5) is 22.4. The van der Waals surface area contributed by atoms with Crippen LogP contribution in [0, 0.1) is 10.1 Å². The fourth-order valence-electron chi connectivity index (χ4n) is 2.05. The van der Waals surface area contributed by atoms with E-state index >= 15 is 0 Å². The molecule has 1 amide bonds. The third-order valence-electron chi connectivity index (χ3n) is 3.27. The zero-order valence-corrected chi connectivity index (χ0v) is 14.0. The van der Waals surface area contributed by atoms with Gasteiger partial charge in [0.25, 0.3) is 11.6 Å². The summed E-state index contributed by atoms with van der Waals surface area (Å²) in [7, 11) is 0. The lowest BCUT2D eigenvalue weighted by Crippen LogP contribution is -2.32. The van der Waals surface area contributed by atoms with Crippen molar-refractivity contribution in [2.45, 2.75) is 52.0 Å². The van der Waals surface area contributed by atoms with Crippen molar-refractivity contribution in [3.8, 4) is 0 Å². The number of halogens is 1. The number of nitrogens with one attached hydrogen (secondary N) is 1. The molecule has 1 aromatic carbocycles. The van der Waals surface area contributed by atoms with Crippen LogP contribution in [-0.2, 0) is 0 Å². The molecule has 0 saturated heterocycles. The van der Waals surface area contributed by atoms with Crippen molar-refractivity contribution in [2.75, 3.05) is 0 Å². The normalized spacial score (nSPS) is 12.0. The summed E-state index contributed by atoms with van der Waals surface area (Å²) in [6, 6.07) is 4.47. The maximum Gasteiger partial charge on any atom is 0.284 e. The molecular weight excluding hydrogens is 336 g/mol. The van der Waals surface area contributed by atoms with Crippen LogP contribution in [0.15, 0.2) is 22.7 Å². The van der Waals surface area contributed by atoms with E-state index in [1.165, 1.54) is 31.4 Å². The van der Waals surface area contributed by atoms with Crippen molar-refractivity contribution in [3.63, 3.8) is 0 Å². The van der Waals surface area contributed by atoms with E-state index in [1.807, 2.05) is 6.92 Å². The Bertz CT molecular complexity index is 506. The van der Waals surface area contributed by atoms with E-state index in [4.69, 9.17) is 0 Å². The summed E-state index contributed by atoms with van der Waals surface area (Å²) in [5, 5.41) is 13.7. The number of hydrogen-bond donors (Lipinski definition) is 1. The van der Waals surface area contributed by atoms with Crippen LogP contribution in [0.1, 0.15) is 56.3 Å². The summed E-state index contributed by atoms with van der Waals surface area (Å²) in [6.45, 7) is 4.11. The SMILES string of the molecule is CCCCCCC(C)NC(=O)c1ccc(Br)c([N+](=O)[O-])c1. The number of hydrogen-bond acceptors (Lipinski definition) is 3. The molecule has 0 aliphatic rings. The topological polar surface area (TPSA) is 72.2 Å². The molecule has 116 valence electrons. The van der Waals surface area contributed by atoms with E-state index in [0.29, 0.717) is 10.0 Å². The van der Waals surface area contributed by atoms with Crippen LogP contribution in [0.5, 0.6) is 0 Å². The number of nitro benzene ring substituents is 1. The molecular formula is C15H21BrN2O3. The minimum Gasteiger partial charge on any atom is -0.350 e. The van der Waals surface area contributed by atoms with Gasteiger partial charge >= 0.3 is 0 Å². The van der Waals surface area contributed by atoms with Crippen molar-refractivity contribution in [3.05, 3.63) is 38.3 Å². The highest BCUT2D eigenvalue weighted by molar-refractivity contribution is 9.10. The van der Waals surface area contributed by atoms with Gasteiger partial charge in [0.05, 0.1) is 9.40 Å². The van der Waals surface area contributed by atoms with Crippen molar-refractivity contribution in [2.24, 2.45) is 0 Å². The lowest BCUT2D eigenvalue weighted by Gasteiger charge is -2.13. The maximum atomic E-state index is 12.1. The smallest absolute Gasteiger partial charge is 0.284 e. The number of rotatable bonds is 8. The van der Waals surface area contributed by atoms with Crippen LogP contribution in [0.4, 0.5) is 5.69 Å². The van der Waals surface area contributed by atoms with Crippen LogP contribution >= 0.6 is 15.9 Å². The number of benzene rings is 1. The van der Waals surface area contributed by atoms with E-state index in [1.54, 1.807) is 6.07 Å². The highest BCUT2D eigenvalue weighted by Crippen LogP contribution is 2.25. The number of unbranched alkanes of at least 4 members (excludes halogenated alkanes) is 3. The standard InChI is InChI=1S/C15H21BrN2O3/c1-3-4-5-6-7-11(2)17-15(19)12-8-9-13(16)14(10-12)18(20)21/h8-11H,3-7H2,1-2H3,(H,17,19). The first kappa shape index (κ1) is 17.6. The average molecular weight is 357 g/mol. The molecule has 0 aliphatic heterocycles. The van der Waals surface area contributed by atoms with Gasteiger partial charge in [-0.2, -0.15) is 0 Å².